The maximum absolute atomic E-state index is 10.9. The molecule has 0 aliphatic heterocycles. The van der Waals surface area contributed by atoms with Crippen LogP contribution in [0.4, 0.5) is 0 Å². The Balaban J connectivity index is 1.86. The second-order valence-corrected chi connectivity index (χ2v) is 4.59. The molecular weight excluding hydrogens is 242 g/mol. The third kappa shape index (κ3) is 4.21. The number of aryl methyl sites for hydroxylation is 3. The van der Waals surface area contributed by atoms with E-state index < -0.39 is 0 Å². The minimum Gasteiger partial charge on any atom is -0.508 e. The second-order valence-electron chi connectivity index (χ2n) is 4.59. The Kier molecular flexibility index (Phi) is 4.28. The Hall–Kier alpha value is -2.17. The minimum absolute atomic E-state index is 0.165. The molecule has 0 radical (unpaired) electrons. The van der Waals surface area contributed by atoms with Gasteiger partial charge in [-0.3, -0.25) is 4.68 Å². The van der Waals surface area contributed by atoms with Crippen LogP contribution < -0.4 is 0 Å². The quantitative estimate of drug-likeness (QED) is 0.858. The predicted octanol–water partition coefficient (Wildman–Crippen LogP) is 1.75. The molecule has 1 heterocycles. The number of carbonyl (C=O) groups excluding carboxylic acids is 1. The highest BCUT2D eigenvalue weighted by molar-refractivity contribution is 5.75. The van der Waals surface area contributed by atoms with Crippen LogP contribution in [0.25, 0.3) is 0 Å². The van der Waals surface area contributed by atoms with Crippen molar-refractivity contribution in [2.45, 2.75) is 32.7 Å². The molecule has 2 aromatic rings. The van der Waals surface area contributed by atoms with Crippen molar-refractivity contribution in [1.29, 1.82) is 0 Å². The molecule has 0 saturated heterocycles. The molecule has 0 unspecified atom stereocenters. The van der Waals surface area contributed by atoms with Crippen molar-refractivity contribution in [1.82, 2.24) is 15.0 Å². The average molecular weight is 259 g/mol. The number of hydrogen-bond acceptors (Lipinski definition) is 4. The molecule has 5 nitrogen and oxygen atoms in total. The first-order valence-corrected chi connectivity index (χ1v) is 6.30. The fraction of sp³-hybridized carbons (Fsp3) is 0.357. The molecule has 0 fully saturated rings. The maximum Gasteiger partial charge on any atom is 0.130 e. The van der Waals surface area contributed by atoms with E-state index in [-0.39, 0.29) is 11.5 Å². The maximum atomic E-state index is 10.9. The summed E-state index contributed by atoms with van der Waals surface area (Å²) in [5.41, 5.74) is 1.99. The summed E-state index contributed by atoms with van der Waals surface area (Å²) in [5.74, 6) is 0.440. The number of nitrogens with zero attached hydrogens (tertiary/aromatic N) is 3. The van der Waals surface area contributed by atoms with Gasteiger partial charge < -0.3 is 9.90 Å². The fourth-order valence-electron chi connectivity index (χ4n) is 1.77. The van der Waals surface area contributed by atoms with Crippen LogP contribution in [0.3, 0.4) is 0 Å². The standard InChI is InChI=1S/C14H17N3O2/c1-11(18)2-5-13-10-17(16-15-13)9-8-12-3-6-14(19)7-4-12/h3-4,6-7,10,19H,2,5,8-9H2,1H3. The summed E-state index contributed by atoms with van der Waals surface area (Å²) in [6, 6.07) is 7.13. The first-order valence-electron chi connectivity index (χ1n) is 6.30. The Morgan fingerprint density at radius 3 is 2.68 bits per heavy atom. The Morgan fingerprint density at radius 2 is 2.00 bits per heavy atom. The van der Waals surface area contributed by atoms with Gasteiger partial charge in [0.05, 0.1) is 5.69 Å². The highest BCUT2D eigenvalue weighted by Crippen LogP contribution is 2.10. The van der Waals surface area contributed by atoms with Gasteiger partial charge in [0.2, 0.25) is 0 Å². The van der Waals surface area contributed by atoms with Crippen LogP contribution in [0.5, 0.6) is 5.75 Å². The third-order valence-electron chi connectivity index (χ3n) is 2.89. The summed E-state index contributed by atoms with van der Waals surface area (Å²) < 4.78 is 1.78. The fourth-order valence-corrected chi connectivity index (χ4v) is 1.77. The van der Waals surface area contributed by atoms with Crippen molar-refractivity contribution in [2.75, 3.05) is 0 Å². The molecule has 100 valence electrons. The number of aromatic nitrogens is 3. The smallest absolute Gasteiger partial charge is 0.130 e. The van der Waals surface area contributed by atoms with Crippen LogP contribution in [0.1, 0.15) is 24.6 Å². The molecule has 19 heavy (non-hydrogen) atoms. The van der Waals surface area contributed by atoms with Gasteiger partial charge in [0.25, 0.3) is 0 Å². The van der Waals surface area contributed by atoms with Crippen molar-refractivity contribution < 1.29 is 9.90 Å². The summed E-state index contributed by atoms with van der Waals surface area (Å²) in [6.07, 6.45) is 3.87. The Morgan fingerprint density at radius 1 is 1.26 bits per heavy atom. The number of phenolic OH excluding ortho intramolecular Hbond substituents is 1. The van der Waals surface area contributed by atoms with Gasteiger partial charge in [-0.1, -0.05) is 17.3 Å². The van der Waals surface area contributed by atoms with Gasteiger partial charge in [0.15, 0.2) is 0 Å². The van der Waals surface area contributed by atoms with E-state index in [1.807, 2.05) is 18.3 Å². The Bertz CT molecular complexity index is 546. The van der Waals surface area contributed by atoms with Crippen LogP contribution in [-0.4, -0.2) is 25.9 Å². The van der Waals surface area contributed by atoms with E-state index in [1.165, 1.54) is 0 Å². The van der Waals surface area contributed by atoms with E-state index in [0.29, 0.717) is 12.8 Å². The van der Waals surface area contributed by atoms with Crippen molar-refractivity contribution in [3.63, 3.8) is 0 Å². The van der Waals surface area contributed by atoms with Gasteiger partial charge in [-0.15, -0.1) is 5.10 Å². The van der Waals surface area contributed by atoms with Crippen LogP contribution in [0.15, 0.2) is 30.5 Å². The molecule has 0 aliphatic carbocycles. The summed E-state index contributed by atoms with van der Waals surface area (Å²) in [6.45, 7) is 2.31. The van der Waals surface area contributed by atoms with Crippen LogP contribution >= 0.6 is 0 Å². The molecule has 5 heteroatoms. The molecule has 1 N–H and O–H groups in total. The van der Waals surface area contributed by atoms with Gasteiger partial charge in [0, 0.05) is 19.2 Å². The molecule has 2 rings (SSSR count). The SMILES string of the molecule is CC(=O)CCc1cn(CCc2ccc(O)cc2)nn1. The van der Waals surface area contributed by atoms with Crippen LogP contribution in [0, 0.1) is 0 Å². The monoisotopic (exact) mass is 259 g/mol. The molecule has 0 aliphatic rings. The zero-order valence-corrected chi connectivity index (χ0v) is 10.9. The molecule has 0 spiro atoms. The number of carbonyl (C=O) groups is 1. The molecular formula is C14H17N3O2. The topological polar surface area (TPSA) is 68.0 Å². The lowest BCUT2D eigenvalue weighted by Gasteiger charge is -2.01. The van der Waals surface area contributed by atoms with Gasteiger partial charge in [-0.25, -0.2) is 0 Å². The van der Waals surface area contributed by atoms with E-state index in [2.05, 4.69) is 10.3 Å². The van der Waals surface area contributed by atoms with E-state index in [0.717, 1.165) is 24.2 Å². The molecule has 0 atom stereocenters. The second kappa shape index (κ2) is 6.13. The number of rotatable bonds is 6. The largest absolute Gasteiger partial charge is 0.508 e. The first kappa shape index (κ1) is 13.3. The van der Waals surface area contributed by atoms with Gasteiger partial charge in [0.1, 0.15) is 11.5 Å². The number of hydrogen-bond donors (Lipinski definition) is 1. The lowest BCUT2D eigenvalue weighted by Crippen LogP contribution is -2.01. The lowest BCUT2D eigenvalue weighted by atomic mass is 10.1. The van der Waals surface area contributed by atoms with Gasteiger partial charge in [-0.2, -0.15) is 0 Å². The number of ketones is 1. The van der Waals surface area contributed by atoms with E-state index >= 15 is 0 Å². The average Bonchev–Trinajstić information content (AvgIpc) is 2.84. The van der Waals surface area contributed by atoms with Crippen molar-refractivity contribution in [2.24, 2.45) is 0 Å². The Labute approximate surface area is 111 Å². The first-order chi connectivity index (χ1) is 9.13. The number of benzene rings is 1. The van der Waals surface area contributed by atoms with Gasteiger partial charge in [-0.05, 0) is 37.5 Å². The zero-order chi connectivity index (χ0) is 13.7. The molecule has 1 aromatic carbocycles. The summed E-state index contributed by atoms with van der Waals surface area (Å²) >= 11 is 0. The third-order valence-corrected chi connectivity index (χ3v) is 2.89. The summed E-state index contributed by atoms with van der Waals surface area (Å²) in [5, 5.41) is 17.3. The minimum atomic E-state index is 0.165. The summed E-state index contributed by atoms with van der Waals surface area (Å²) in [7, 11) is 0. The molecule has 1 aromatic heterocycles. The van der Waals surface area contributed by atoms with Crippen LogP contribution in [-0.2, 0) is 24.2 Å². The number of aromatic hydroxyl groups is 1. The predicted molar refractivity (Wildman–Crippen MR) is 70.8 cm³/mol. The highest BCUT2D eigenvalue weighted by atomic mass is 16.3. The highest BCUT2D eigenvalue weighted by Gasteiger charge is 2.03. The van der Waals surface area contributed by atoms with Crippen molar-refractivity contribution >= 4 is 5.78 Å². The summed E-state index contributed by atoms with van der Waals surface area (Å²) in [4.78, 5) is 10.9. The van der Waals surface area contributed by atoms with Crippen molar-refractivity contribution in [3.05, 3.63) is 41.7 Å². The van der Waals surface area contributed by atoms with E-state index in [1.54, 1.807) is 23.7 Å². The van der Waals surface area contributed by atoms with E-state index in [9.17, 15) is 9.90 Å². The molecule has 0 saturated carbocycles. The molecule has 0 amide bonds. The lowest BCUT2D eigenvalue weighted by molar-refractivity contribution is -0.116. The normalized spacial score (nSPS) is 10.6. The number of Topliss-reactive ketones (excluding diaryl/α,β-unsaturated/α-hetero) is 1. The van der Waals surface area contributed by atoms with E-state index in [4.69, 9.17) is 0 Å². The van der Waals surface area contributed by atoms with Crippen molar-refractivity contribution in [3.8, 4) is 5.75 Å². The van der Waals surface area contributed by atoms with Gasteiger partial charge >= 0.3 is 0 Å². The zero-order valence-electron chi connectivity index (χ0n) is 10.9. The number of phenols is 1. The van der Waals surface area contributed by atoms with Crippen LogP contribution in [0.2, 0.25) is 0 Å². The molecule has 0 bridgehead atoms.